The third-order valence-corrected chi connectivity index (χ3v) is 8.63. The van der Waals surface area contributed by atoms with Gasteiger partial charge in [-0.25, -0.2) is 4.98 Å². The van der Waals surface area contributed by atoms with Crippen molar-refractivity contribution in [3.63, 3.8) is 0 Å². The van der Waals surface area contributed by atoms with Crippen LogP contribution in [-0.2, 0) is 22.2 Å². The summed E-state index contributed by atoms with van der Waals surface area (Å²) in [6.07, 6.45) is 2.73. The van der Waals surface area contributed by atoms with E-state index in [-0.39, 0.29) is 23.9 Å². The van der Waals surface area contributed by atoms with Gasteiger partial charge in [0.05, 0.1) is 30.3 Å². The summed E-state index contributed by atoms with van der Waals surface area (Å²) in [4.78, 5) is 20.6. The van der Waals surface area contributed by atoms with Crippen molar-refractivity contribution < 1.29 is 17.9 Å². The second-order valence-corrected chi connectivity index (χ2v) is 11.5. The van der Waals surface area contributed by atoms with E-state index >= 15 is 0 Å². The van der Waals surface area contributed by atoms with Gasteiger partial charge < -0.3 is 15.0 Å². The van der Waals surface area contributed by atoms with Crippen molar-refractivity contribution in [3.05, 3.63) is 95.8 Å². The average Bonchev–Trinajstić information content (AvgIpc) is 3.39. The minimum Gasteiger partial charge on any atom is -0.496 e. The summed E-state index contributed by atoms with van der Waals surface area (Å²) >= 11 is 0. The number of imidazole rings is 1. The average molecular weight is 548 g/mol. The van der Waals surface area contributed by atoms with E-state index in [1.54, 1.807) is 19.2 Å². The highest BCUT2D eigenvalue weighted by Crippen LogP contribution is 2.39. The number of nitrogens with zero attached hydrogens (tertiary/aromatic N) is 1. The Balaban J connectivity index is 1.22. The van der Waals surface area contributed by atoms with E-state index in [4.69, 9.17) is 4.74 Å². The number of rotatable bonds is 10. The Morgan fingerprint density at radius 3 is 2.44 bits per heavy atom. The molecule has 0 spiro atoms. The van der Waals surface area contributed by atoms with Crippen molar-refractivity contribution in [2.75, 3.05) is 13.7 Å². The van der Waals surface area contributed by atoms with Crippen LogP contribution in [0.25, 0.3) is 11.0 Å². The predicted molar refractivity (Wildman–Crippen MR) is 151 cm³/mol. The minimum absolute atomic E-state index is 0.0691. The summed E-state index contributed by atoms with van der Waals surface area (Å²) in [7, 11) is -2.18. The number of amides is 1. The Hall–Kier alpha value is -3.73. The number of H-pyrrole nitrogens is 1. The lowest BCUT2D eigenvalue weighted by molar-refractivity contribution is 0.0932. The molecule has 0 radical (unpaired) electrons. The number of fused-ring (bicyclic) bond motifs is 1. The van der Waals surface area contributed by atoms with Gasteiger partial charge in [-0.2, -0.15) is 17.9 Å². The normalized spacial score (nSPS) is 19.6. The third kappa shape index (κ3) is 6.30. The Morgan fingerprint density at radius 1 is 1.00 bits per heavy atom. The molecule has 0 atom stereocenters. The van der Waals surface area contributed by atoms with Crippen LogP contribution >= 0.6 is 0 Å². The Labute approximate surface area is 228 Å². The van der Waals surface area contributed by atoms with Crippen molar-refractivity contribution in [2.45, 2.75) is 43.7 Å². The molecule has 10 heteroatoms. The van der Waals surface area contributed by atoms with Crippen molar-refractivity contribution in [1.82, 2.24) is 24.7 Å². The molecule has 1 aromatic heterocycles. The number of hydrogen-bond acceptors (Lipinski definition) is 5. The number of aromatic nitrogens is 2. The fourth-order valence-electron chi connectivity index (χ4n) is 5.34. The molecule has 1 amide bonds. The Kier molecular flexibility index (Phi) is 7.97. The number of benzene rings is 3. The van der Waals surface area contributed by atoms with E-state index in [0.29, 0.717) is 36.5 Å². The summed E-state index contributed by atoms with van der Waals surface area (Å²) in [6, 6.07) is 24.6. The van der Waals surface area contributed by atoms with Crippen molar-refractivity contribution in [2.24, 2.45) is 0 Å². The number of carbonyl (C=O) groups excluding carboxylic acids is 1. The molecule has 5 rings (SSSR count). The number of aromatic amines is 1. The highest BCUT2D eigenvalue weighted by molar-refractivity contribution is 7.87. The summed E-state index contributed by atoms with van der Waals surface area (Å²) < 4.78 is 36.4. The van der Waals surface area contributed by atoms with Gasteiger partial charge in [0.15, 0.2) is 0 Å². The van der Waals surface area contributed by atoms with Crippen LogP contribution in [-0.4, -0.2) is 44.0 Å². The molecule has 4 aromatic rings. The molecule has 1 heterocycles. The molecule has 1 aliphatic rings. The molecular formula is C29H33N5O4S. The number of hydrogen-bond donors (Lipinski definition) is 4. The first kappa shape index (κ1) is 26.9. The molecule has 204 valence electrons. The smallest absolute Gasteiger partial charge is 0.277 e. The van der Waals surface area contributed by atoms with Gasteiger partial charge in [0, 0.05) is 18.0 Å². The van der Waals surface area contributed by atoms with Crippen molar-refractivity contribution >= 4 is 27.1 Å². The van der Waals surface area contributed by atoms with Gasteiger partial charge in [0.25, 0.3) is 16.1 Å². The first-order valence-corrected chi connectivity index (χ1v) is 14.5. The van der Waals surface area contributed by atoms with Crippen LogP contribution in [0.2, 0.25) is 0 Å². The molecule has 0 unspecified atom stereocenters. The van der Waals surface area contributed by atoms with Crippen molar-refractivity contribution in [1.29, 1.82) is 0 Å². The molecule has 0 bridgehead atoms. The summed E-state index contributed by atoms with van der Waals surface area (Å²) in [5, 5.41) is 3.11. The monoisotopic (exact) mass is 547 g/mol. The molecule has 4 N–H and O–H groups in total. The van der Waals surface area contributed by atoms with E-state index in [1.807, 2.05) is 54.6 Å². The van der Waals surface area contributed by atoms with Gasteiger partial charge in [0.1, 0.15) is 11.6 Å². The zero-order chi connectivity index (χ0) is 27.3. The van der Waals surface area contributed by atoms with Gasteiger partial charge in [-0.3, -0.25) is 4.79 Å². The molecule has 39 heavy (non-hydrogen) atoms. The fourth-order valence-corrected chi connectivity index (χ4v) is 6.42. The SMILES string of the molecule is COc1ccccc1C(=O)NCC1(c2ccccc2)CCC(NS(=O)(=O)NCc2nc3ccccc3[nH]2)CC1. The molecule has 0 saturated heterocycles. The van der Waals surface area contributed by atoms with Crippen LogP contribution in [0.15, 0.2) is 78.9 Å². The largest absolute Gasteiger partial charge is 0.496 e. The maximum Gasteiger partial charge on any atom is 0.277 e. The molecule has 9 nitrogen and oxygen atoms in total. The van der Waals surface area contributed by atoms with Gasteiger partial charge in [-0.1, -0.05) is 54.6 Å². The lowest BCUT2D eigenvalue weighted by Crippen LogP contribution is -2.49. The lowest BCUT2D eigenvalue weighted by Gasteiger charge is -2.41. The van der Waals surface area contributed by atoms with Crippen LogP contribution < -0.4 is 19.5 Å². The highest BCUT2D eigenvalue weighted by Gasteiger charge is 2.38. The molecule has 1 fully saturated rings. The van der Waals surface area contributed by atoms with E-state index in [2.05, 4.69) is 36.9 Å². The van der Waals surface area contributed by atoms with Gasteiger partial charge in [-0.05, 0) is 55.5 Å². The fraction of sp³-hybridized carbons (Fsp3) is 0.310. The van der Waals surface area contributed by atoms with Crippen LogP contribution in [0.4, 0.5) is 0 Å². The van der Waals surface area contributed by atoms with Crippen LogP contribution in [0, 0.1) is 0 Å². The molecule has 1 saturated carbocycles. The molecule has 3 aromatic carbocycles. The highest BCUT2D eigenvalue weighted by atomic mass is 32.2. The standard InChI is InChI=1S/C29H33N5O4S/c1-38-26-14-8-5-11-23(26)28(35)30-20-29(21-9-3-2-4-10-21)17-15-22(16-18-29)34-39(36,37)31-19-27-32-24-12-6-7-13-25(24)33-27/h2-14,22,31,34H,15-20H2,1H3,(H,30,35)(H,32,33). The molecular weight excluding hydrogens is 514 g/mol. The number of methoxy groups -OCH3 is 1. The zero-order valence-electron chi connectivity index (χ0n) is 21.8. The quantitative estimate of drug-likeness (QED) is 0.240. The lowest BCUT2D eigenvalue weighted by atomic mass is 9.68. The summed E-state index contributed by atoms with van der Waals surface area (Å²) in [5.74, 6) is 0.886. The number of para-hydroxylation sites is 3. The first-order valence-electron chi connectivity index (χ1n) is 13.0. The first-order chi connectivity index (χ1) is 18.9. The maximum atomic E-state index is 13.0. The van der Waals surface area contributed by atoms with E-state index < -0.39 is 10.2 Å². The Bertz CT molecular complexity index is 1500. The summed E-state index contributed by atoms with van der Waals surface area (Å²) in [6.45, 7) is 0.511. The second-order valence-electron chi connectivity index (χ2n) is 9.95. The van der Waals surface area contributed by atoms with E-state index in [0.717, 1.165) is 29.4 Å². The number of nitrogens with one attached hydrogen (secondary N) is 4. The molecule has 1 aliphatic carbocycles. The topological polar surface area (TPSA) is 125 Å². The predicted octanol–water partition coefficient (Wildman–Crippen LogP) is 3.81. The zero-order valence-corrected chi connectivity index (χ0v) is 22.6. The Morgan fingerprint density at radius 2 is 1.69 bits per heavy atom. The third-order valence-electron chi connectivity index (χ3n) is 7.46. The van der Waals surface area contributed by atoms with Crippen LogP contribution in [0.3, 0.4) is 0 Å². The van der Waals surface area contributed by atoms with Crippen molar-refractivity contribution in [3.8, 4) is 5.75 Å². The van der Waals surface area contributed by atoms with Gasteiger partial charge >= 0.3 is 0 Å². The van der Waals surface area contributed by atoms with Crippen LogP contribution in [0.1, 0.15) is 47.4 Å². The number of carbonyl (C=O) groups is 1. The maximum absolute atomic E-state index is 13.0. The second kappa shape index (κ2) is 11.6. The molecule has 0 aliphatic heterocycles. The van der Waals surface area contributed by atoms with E-state index in [9.17, 15) is 13.2 Å². The minimum atomic E-state index is -3.73. The van der Waals surface area contributed by atoms with E-state index in [1.165, 1.54) is 0 Å². The summed E-state index contributed by atoms with van der Waals surface area (Å²) in [5.41, 5.74) is 2.97. The number of ether oxygens (including phenoxy) is 1. The van der Waals surface area contributed by atoms with Crippen LogP contribution in [0.5, 0.6) is 5.75 Å². The van der Waals surface area contributed by atoms with Gasteiger partial charge in [-0.15, -0.1) is 0 Å². The van der Waals surface area contributed by atoms with Gasteiger partial charge in [0.2, 0.25) is 0 Å².